The molecule has 0 unspecified atom stereocenters. The van der Waals surface area contributed by atoms with E-state index in [9.17, 15) is 13.6 Å². The van der Waals surface area contributed by atoms with Gasteiger partial charge in [-0.25, -0.2) is 8.78 Å². The quantitative estimate of drug-likeness (QED) is 0.735. The van der Waals surface area contributed by atoms with Crippen molar-refractivity contribution >= 4 is 5.91 Å². The fourth-order valence-electron chi connectivity index (χ4n) is 2.62. The van der Waals surface area contributed by atoms with Crippen LogP contribution in [0.3, 0.4) is 0 Å². The second-order valence-corrected chi connectivity index (χ2v) is 4.89. The van der Waals surface area contributed by atoms with Crippen molar-refractivity contribution in [2.75, 3.05) is 26.2 Å². The summed E-state index contributed by atoms with van der Waals surface area (Å²) in [4.78, 5) is 13.3. The molecule has 0 aromatic heterocycles. The zero-order valence-electron chi connectivity index (χ0n) is 9.66. The summed E-state index contributed by atoms with van der Waals surface area (Å²) in [5.74, 6) is -3.24. The molecule has 98 valence electrons. The summed E-state index contributed by atoms with van der Waals surface area (Å²) in [5, 5.41) is 12.2. The Kier molecular flexibility index (Phi) is 3.63. The van der Waals surface area contributed by atoms with Crippen molar-refractivity contribution in [1.82, 2.24) is 10.2 Å². The second kappa shape index (κ2) is 4.86. The molecule has 0 aliphatic carbocycles. The summed E-state index contributed by atoms with van der Waals surface area (Å²) in [7, 11) is 0. The number of amides is 1. The molecule has 0 radical (unpaired) electrons. The fraction of sp³-hybridized carbons (Fsp3) is 0.909. The molecule has 2 aliphatic heterocycles. The van der Waals surface area contributed by atoms with Gasteiger partial charge in [0.05, 0.1) is 19.2 Å². The molecule has 0 spiro atoms. The summed E-state index contributed by atoms with van der Waals surface area (Å²) in [6.45, 7) is 0.585. The predicted molar refractivity (Wildman–Crippen MR) is 57.7 cm³/mol. The Balaban J connectivity index is 2.02. The number of carbonyl (C=O) groups is 1. The highest BCUT2D eigenvalue weighted by Gasteiger charge is 2.47. The maximum absolute atomic E-state index is 13.2. The standard InChI is InChI=1S/C11H18F2N2O2/c12-11(13)5-9(6-16)15(7-11)10(17)8-1-3-14-4-2-8/h8-9,14,16H,1-7H2/t9-/m0/s1. The Morgan fingerprint density at radius 1 is 1.41 bits per heavy atom. The zero-order valence-corrected chi connectivity index (χ0v) is 9.66. The number of likely N-dealkylation sites (tertiary alicyclic amines) is 1. The summed E-state index contributed by atoms with van der Waals surface area (Å²) in [6, 6.07) is -0.715. The number of hydrogen-bond acceptors (Lipinski definition) is 3. The van der Waals surface area contributed by atoms with E-state index in [0.717, 1.165) is 13.1 Å². The highest BCUT2D eigenvalue weighted by molar-refractivity contribution is 5.79. The summed E-state index contributed by atoms with van der Waals surface area (Å²) < 4.78 is 26.5. The van der Waals surface area contributed by atoms with Gasteiger partial charge in [-0.2, -0.15) is 0 Å². The van der Waals surface area contributed by atoms with E-state index in [0.29, 0.717) is 12.8 Å². The van der Waals surface area contributed by atoms with Crippen molar-refractivity contribution in [1.29, 1.82) is 0 Å². The van der Waals surface area contributed by atoms with E-state index in [1.165, 1.54) is 4.90 Å². The minimum Gasteiger partial charge on any atom is -0.394 e. The molecule has 2 heterocycles. The van der Waals surface area contributed by atoms with Gasteiger partial charge in [-0.05, 0) is 25.9 Å². The van der Waals surface area contributed by atoms with E-state index in [1.807, 2.05) is 0 Å². The lowest BCUT2D eigenvalue weighted by atomic mass is 9.96. The van der Waals surface area contributed by atoms with E-state index < -0.39 is 24.9 Å². The van der Waals surface area contributed by atoms with E-state index in [-0.39, 0.29) is 18.4 Å². The molecule has 0 bridgehead atoms. The van der Waals surface area contributed by atoms with E-state index in [1.54, 1.807) is 0 Å². The minimum atomic E-state index is -2.85. The van der Waals surface area contributed by atoms with Gasteiger partial charge in [-0.3, -0.25) is 4.79 Å². The van der Waals surface area contributed by atoms with Crippen molar-refractivity contribution in [3.05, 3.63) is 0 Å². The molecule has 1 atom stereocenters. The molecule has 4 nitrogen and oxygen atoms in total. The number of nitrogens with one attached hydrogen (secondary N) is 1. The molecular weight excluding hydrogens is 230 g/mol. The predicted octanol–water partition coefficient (Wildman–Crippen LogP) is 0.214. The summed E-state index contributed by atoms with van der Waals surface area (Å²) >= 11 is 0. The van der Waals surface area contributed by atoms with Crippen LogP contribution in [0.4, 0.5) is 8.78 Å². The minimum absolute atomic E-state index is 0.167. The number of alkyl halides is 2. The van der Waals surface area contributed by atoms with Gasteiger partial charge in [0.25, 0.3) is 5.92 Å². The second-order valence-electron chi connectivity index (χ2n) is 4.89. The van der Waals surface area contributed by atoms with Crippen LogP contribution < -0.4 is 5.32 Å². The molecule has 17 heavy (non-hydrogen) atoms. The van der Waals surface area contributed by atoms with Crippen LogP contribution in [0.5, 0.6) is 0 Å². The van der Waals surface area contributed by atoms with Crippen molar-refractivity contribution in [3.63, 3.8) is 0 Å². The smallest absolute Gasteiger partial charge is 0.267 e. The Bertz CT molecular complexity index is 293. The van der Waals surface area contributed by atoms with Crippen molar-refractivity contribution in [2.45, 2.75) is 31.2 Å². The maximum Gasteiger partial charge on any atom is 0.267 e. The normalized spacial score (nSPS) is 29.6. The Labute approximate surface area is 99.0 Å². The number of hydrogen-bond donors (Lipinski definition) is 2. The van der Waals surface area contributed by atoms with Crippen LogP contribution in [0.1, 0.15) is 19.3 Å². The number of rotatable bonds is 2. The average molecular weight is 248 g/mol. The van der Waals surface area contributed by atoms with Crippen LogP contribution in [-0.4, -0.2) is 54.1 Å². The van der Waals surface area contributed by atoms with Gasteiger partial charge < -0.3 is 15.3 Å². The van der Waals surface area contributed by atoms with Crippen LogP contribution in [0, 0.1) is 5.92 Å². The van der Waals surface area contributed by atoms with E-state index in [4.69, 9.17) is 5.11 Å². The SMILES string of the molecule is O=C(C1CCNCC1)N1CC(F)(F)C[C@H]1CO. The highest BCUT2D eigenvalue weighted by atomic mass is 19.3. The van der Waals surface area contributed by atoms with Crippen LogP contribution in [0.25, 0.3) is 0 Å². The van der Waals surface area contributed by atoms with Gasteiger partial charge in [0.1, 0.15) is 0 Å². The van der Waals surface area contributed by atoms with Crippen molar-refractivity contribution < 1.29 is 18.7 Å². The van der Waals surface area contributed by atoms with Gasteiger partial charge in [0, 0.05) is 12.3 Å². The number of carbonyl (C=O) groups excluding carboxylic acids is 1. The van der Waals surface area contributed by atoms with Gasteiger partial charge >= 0.3 is 0 Å². The number of piperidine rings is 1. The first-order chi connectivity index (χ1) is 8.03. The van der Waals surface area contributed by atoms with Gasteiger partial charge in [-0.15, -0.1) is 0 Å². The van der Waals surface area contributed by atoms with Crippen LogP contribution in [0.15, 0.2) is 0 Å². The molecule has 0 aromatic carbocycles. The zero-order chi connectivity index (χ0) is 12.5. The molecule has 1 amide bonds. The lowest BCUT2D eigenvalue weighted by molar-refractivity contribution is -0.139. The first-order valence-electron chi connectivity index (χ1n) is 6.03. The molecule has 2 fully saturated rings. The Hall–Kier alpha value is -0.750. The van der Waals surface area contributed by atoms with E-state index in [2.05, 4.69) is 5.32 Å². The molecule has 2 rings (SSSR count). The first kappa shape index (κ1) is 12.7. The van der Waals surface area contributed by atoms with Gasteiger partial charge in [0.15, 0.2) is 0 Å². The van der Waals surface area contributed by atoms with E-state index >= 15 is 0 Å². The molecule has 0 saturated carbocycles. The summed E-state index contributed by atoms with van der Waals surface area (Å²) in [6.07, 6.45) is 0.971. The molecule has 2 N–H and O–H groups in total. The fourth-order valence-corrected chi connectivity index (χ4v) is 2.62. The molecular formula is C11H18F2N2O2. The lowest BCUT2D eigenvalue weighted by Gasteiger charge is -2.29. The third-order valence-corrected chi connectivity index (χ3v) is 3.56. The number of aliphatic hydroxyl groups is 1. The molecule has 2 aliphatic rings. The molecule has 2 saturated heterocycles. The van der Waals surface area contributed by atoms with Crippen LogP contribution >= 0.6 is 0 Å². The number of aliphatic hydroxyl groups excluding tert-OH is 1. The Morgan fingerprint density at radius 3 is 2.65 bits per heavy atom. The number of halogens is 2. The third-order valence-electron chi connectivity index (χ3n) is 3.56. The third kappa shape index (κ3) is 2.74. The van der Waals surface area contributed by atoms with Crippen LogP contribution in [0.2, 0.25) is 0 Å². The lowest BCUT2D eigenvalue weighted by Crippen LogP contribution is -2.44. The molecule has 6 heteroatoms. The monoisotopic (exact) mass is 248 g/mol. The largest absolute Gasteiger partial charge is 0.394 e. The Morgan fingerprint density at radius 2 is 2.06 bits per heavy atom. The topological polar surface area (TPSA) is 52.6 Å². The summed E-state index contributed by atoms with van der Waals surface area (Å²) in [5.41, 5.74) is 0. The van der Waals surface area contributed by atoms with Gasteiger partial charge in [0.2, 0.25) is 5.91 Å². The maximum atomic E-state index is 13.2. The van der Waals surface area contributed by atoms with Crippen molar-refractivity contribution in [2.24, 2.45) is 5.92 Å². The van der Waals surface area contributed by atoms with Gasteiger partial charge in [-0.1, -0.05) is 0 Å². The molecule has 0 aromatic rings. The van der Waals surface area contributed by atoms with Crippen LogP contribution in [-0.2, 0) is 4.79 Å². The number of nitrogens with zero attached hydrogens (tertiary/aromatic N) is 1. The average Bonchev–Trinajstić information content (AvgIpc) is 2.65. The first-order valence-corrected chi connectivity index (χ1v) is 6.03. The highest BCUT2D eigenvalue weighted by Crippen LogP contribution is 2.33. The van der Waals surface area contributed by atoms with Crippen molar-refractivity contribution in [3.8, 4) is 0 Å².